The number of hydrogen-bond acceptors (Lipinski definition) is 3. The van der Waals surface area contributed by atoms with Gasteiger partial charge in [0.25, 0.3) is 0 Å². The molecule has 0 aromatic heterocycles. The van der Waals surface area contributed by atoms with Crippen LogP contribution in [0.5, 0.6) is 0 Å². The van der Waals surface area contributed by atoms with Gasteiger partial charge < -0.3 is 10.6 Å². The molecule has 0 heterocycles. The molecule has 2 atom stereocenters. The van der Waals surface area contributed by atoms with Gasteiger partial charge in [0.2, 0.25) is 0 Å². The SMILES string of the molecule is CCCN(CCN(C)C)C1(CN)CCCC(CC)CC1. The van der Waals surface area contributed by atoms with E-state index in [9.17, 15) is 0 Å². The fourth-order valence-electron chi connectivity index (χ4n) is 3.70. The fraction of sp³-hybridized carbons (Fsp3) is 1.00. The van der Waals surface area contributed by atoms with E-state index < -0.39 is 0 Å². The topological polar surface area (TPSA) is 32.5 Å². The Bertz CT molecular complexity index is 255. The molecule has 20 heavy (non-hydrogen) atoms. The van der Waals surface area contributed by atoms with Crippen LogP contribution in [0, 0.1) is 5.92 Å². The molecular formula is C17H37N3. The summed E-state index contributed by atoms with van der Waals surface area (Å²) in [7, 11) is 4.33. The molecular weight excluding hydrogens is 246 g/mol. The van der Waals surface area contributed by atoms with Crippen LogP contribution in [0.4, 0.5) is 0 Å². The molecule has 2 N–H and O–H groups in total. The molecule has 0 aromatic carbocycles. The maximum Gasteiger partial charge on any atom is 0.0332 e. The van der Waals surface area contributed by atoms with Crippen molar-refractivity contribution in [3.05, 3.63) is 0 Å². The van der Waals surface area contributed by atoms with Crippen LogP contribution in [0.3, 0.4) is 0 Å². The number of nitrogens with zero attached hydrogens (tertiary/aromatic N) is 2. The van der Waals surface area contributed by atoms with Gasteiger partial charge in [-0.2, -0.15) is 0 Å². The summed E-state index contributed by atoms with van der Waals surface area (Å²) >= 11 is 0. The third-order valence-corrected chi connectivity index (χ3v) is 5.21. The molecule has 1 rings (SSSR count). The van der Waals surface area contributed by atoms with Crippen molar-refractivity contribution < 1.29 is 0 Å². The van der Waals surface area contributed by atoms with Crippen molar-refractivity contribution in [2.45, 2.75) is 64.3 Å². The molecule has 0 bridgehead atoms. The van der Waals surface area contributed by atoms with E-state index in [-0.39, 0.29) is 5.54 Å². The van der Waals surface area contributed by atoms with Crippen molar-refractivity contribution in [3.8, 4) is 0 Å². The van der Waals surface area contributed by atoms with Crippen LogP contribution >= 0.6 is 0 Å². The van der Waals surface area contributed by atoms with E-state index in [1.165, 1.54) is 51.5 Å². The van der Waals surface area contributed by atoms with Crippen LogP contribution in [0.2, 0.25) is 0 Å². The molecule has 3 heteroatoms. The monoisotopic (exact) mass is 283 g/mol. The molecule has 1 aliphatic rings. The standard InChI is InChI=1S/C17H37N3/c1-5-12-20(14-13-19(3)4)17(15-18)10-7-8-16(6-2)9-11-17/h16H,5-15,18H2,1-4H3. The normalized spacial score (nSPS) is 28.1. The zero-order chi connectivity index (χ0) is 15.0. The van der Waals surface area contributed by atoms with Crippen molar-refractivity contribution in [2.24, 2.45) is 11.7 Å². The maximum absolute atomic E-state index is 6.28. The van der Waals surface area contributed by atoms with Gasteiger partial charge in [-0.15, -0.1) is 0 Å². The van der Waals surface area contributed by atoms with Crippen LogP contribution in [-0.4, -0.2) is 55.6 Å². The van der Waals surface area contributed by atoms with Crippen molar-refractivity contribution in [1.82, 2.24) is 9.80 Å². The smallest absolute Gasteiger partial charge is 0.0332 e. The first kappa shape index (κ1) is 17.9. The first-order chi connectivity index (χ1) is 9.57. The Hall–Kier alpha value is -0.120. The fourth-order valence-corrected chi connectivity index (χ4v) is 3.70. The third-order valence-electron chi connectivity index (χ3n) is 5.21. The lowest BCUT2D eigenvalue weighted by Gasteiger charge is -2.44. The Morgan fingerprint density at radius 3 is 2.35 bits per heavy atom. The number of hydrogen-bond donors (Lipinski definition) is 1. The van der Waals surface area contributed by atoms with E-state index in [4.69, 9.17) is 5.73 Å². The molecule has 0 amide bonds. The lowest BCUT2D eigenvalue weighted by molar-refractivity contribution is 0.0697. The molecule has 0 aliphatic heterocycles. The van der Waals surface area contributed by atoms with Gasteiger partial charge in [0.05, 0.1) is 0 Å². The van der Waals surface area contributed by atoms with E-state index in [1.54, 1.807) is 0 Å². The van der Waals surface area contributed by atoms with Gasteiger partial charge in [-0.3, -0.25) is 4.90 Å². The van der Waals surface area contributed by atoms with E-state index >= 15 is 0 Å². The molecule has 0 saturated heterocycles. The Morgan fingerprint density at radius 1 is 1.05 bits per heavy atom. The Morgan fingerprint density at radius 2 is 1.80 bits per heavy atom. The molecule has 1 aliphatic carbocycles. The van der Waals surface area contributed by atoms with Crippen LogP contribution in [0.1, 0.15) is 58.8 Å². The summed E-state index contributed by atoms with van der Waals surface area (Å²) < 4.78 is 0. The zero-order valence-electron chi connectivity index (χ0n) is 14.3. The van der Waals surface area contributed by atoms with Crippen LogP contribution in [-0.2, 0) is 0 Å². The first-order valence-electron chi connectivity index (χ1n) is 8.67. The minimum absolute atomic E-state index is 0.274. The van der Waals surface area contributed by atoms with E-state index in [2.05, 4.69) is 37.7 Å². The van der Waals surface area contributed by atoms with Gasteiger partial charge in [0.1, 0.15) is 0 Å². The highest BCUT2D eigenvalue weighted by Crippen LogP contribution is 2.35. The van der Waals surface area contributed by atoms with Crippen molar-refractivity contribution in [3.63, 3.8) is 0 Å². The van der Waals surface area contributed by atoms with Gasteiger partial charge in [0.15, 0.2) is 0 Å². The molecule has 2 unspecified atom stereocenters. The largest absolute Gasteiger partial charge is 0.329 e. The Kier molecular flexibility index (Phi) is 8.08. The van der Waals surface area contributed by atoms with Gasteiger partial charge in [-0.25, -0.2) is 0 Å². The molecule has 0 aromatic rings. The minimum Gasteiger partial charge on any atom is -0.329 e. The summed E-state index contributed by atoms with van der Waals surface area (Å²) in [6, 6.07) is 0. The van der Waals surface area contributed by atoms with E-state index in [1.807, 2.05) is 0 Å². The van der Waals surface area contributed by atoms with Crippen LogP contribution in [0.15, 0.2) is 0 Å². The summed E-state index contributed by atoms with van der Waals surface area (Å²) in [6.45, 7) is 8.96. The summed E-state index contributed by atoms with van der Waals surface area (Å²) in [5.74, 6) is 0.931. The van der Waals surface area contributed by atoms with Crippen molar-refractivity contribution in [1.29, 1.82) is 0 Å². The van der Waals surface area contributed by atoms with Crippen LogP contribution < -0.4 is 5.73 Å². The second-order valence-electron chi connectivity index (χ2n) is 6.92. The summed E-state index contributed by atoms with van der Waals surface area (Å²) in [4.78, 5) is 5.00. The second-order valence-corrected chi connectivity index (χ2v) is 6.92. The van der Waals surface area contributed by atoms with Gasteiger partial charge in [-0.1, -0.05) is 33.1 Å². The summed E-state index contributed by atoms with van der Waals surface area (Å²) in [5, 5.41) is 0. The average Bonchev–Trinajstić information content (AvgIpc) is 2.66. The predicted octanol–water partition coefficient (Wildman–Crippen LogP) is 2.95. The highest BCUT2D eigenvalue weighted by Gasteiger charge is 2.36. The Labute approximate surface area is 126 Å². The molecule has 0 radical (unpaired) electrons. The number of rotatable bonds is 8. The minimum atomic E-state index is 0.274. The highest BCUT2D eigenvalue weighted by molar-refractivity contribution is 4.94. The number of nitrogens with two attached hydrogens (primary N) is 1. The molecule has 120 valence electrons. The van der Waals surface area contributed by atoms with E-state index in [0.717, 1.165) is 25.6 Å². The van der Waals surface area contributed by atoms with Gasteiger partial charge >= 0.3 is 0 Å². The Balaban J connectivity index is 2.75. The lowest BCUT2D eigenvalue weighted by Crippen LogP contribution is -2.55. The van der Waals surface area contributed by atoms with Gasteiger partial charge in [0, 0.05) is 25.2 Å². The average molecular weight is 284 g/mol. The third kappa shape index (κ3) is 5.01. The molecule has 0 spiro atoms. The van der Waals surface area contributed by atoms with Crippen molar-refractivity contribution >= 4 is 0 Å². The van der Waals surface area contributed by atoms with Crippen molar-refractivity contribution in [2.75, 3.05) is 40.3 Å². The van der Waals surface area contributed by atoms with Gasteiger partial charge in [-0.05, 0) is 52.2 Å². The maximum atomic E-state index is 6.28. The summed E-state index contributed by atoms with van der Waals surface area (Å²) in [6.07, 6.45) is 9.31. The summed E-state index contributed by atoms with van der Waals surface area (Å²) in [5.41, 5.74) is 6.55. The predicted molar refractivity (Wildman–Crippen MR) is 89.1 cm³/mol. The zero-order valence-corrected chi connectivity index (χ0v) is 14.3. The highest BCUT2D eigenvalue weighted by atomic mass is 15.2. The molecule has 1 fully saturated rings. The van der Waals surface area contributed by atoms with Crippen LogP contribution in [0.25, 0.3) is 0 Å². The second kappa shape index (κ2) is 9.01. The van der Waals surface area contributed by atoms with E-state index in [0.29, 0.717) is 0 Å². The number of likely N-dealkylation sites (N-methyl/N-ethyl adjacent to an activating group) is 1. The quantitative estimate of drug-likeness (QED) is 0.695. The first-order valence-corrected chi connectivity index (χ1v) is 8.67. The molecule has 1 saturated carbocycles. The lowest BCUT2D eigenvalue weighted by atomic mass is 9.87. The molecule has 3 nitrogen and oxygen atoms in total.